The van der Waals surface area contributed by atoms with E-state index in [1.165, 1.54) is 48.2 Å². The zero-order chi connectivity index (χ0) is 31.3. The molecule has 2 amide bonds. The highest BCUT2D eigenvalue weighted by Crippen LogP contribution is 2.29. The number of para-hydroxylation sites is 1. The molecule has 0 radical (unpaired) electrons. The van der Waals surface area contributed by atoms with Crippen LogP contribution in [0.2, 0.25) is 0 Å². The second kappa shape index (κ2) is 12.6. The predicted molar refractivity (Wildman–Crippen MR) is 156 cm³/mol. The molecule has 4 aromatic rings. The maximum absolute atomic E-state index is 13.0. The maximum Gasteiger partial charge on any atom is 0.343 e. The Hall–Kier alpha value is -6.05. The first-order chi connectivity index (χ1) is 20.5. The lowest BCUT2D eigenvalue weighted by atomic mass is 10.1. The van der Waals surface area contributed by atoms with Crippen LogP contribution in [0.4, 0.5) is 11.4 Å². The molecule has 2 N–H and O–H groups in total. The van der Waals surface area contributed by atoms with E-state index in [0.717, 1.165) is 0 Å². The minimum atomic E-state index is -1.10. The van der Waals surface area contributed by atoms with Crippen molar-refractivity contribution >= 4 is 34.9 Å². The number of nitrogens with one attached hydrogen (secondary N) is 2. The number of carbonyl (C=O) groups excluding carboxylic acids is 3. The van der Waals surface area contributed by atoms with Gasteiger partial charge in [0.1, 0.15) is 5.69 Å². The number of nitro groups is 1. The van der Waals surface area contributed by atoms with Crippen LogP contribution in [0.5, 0.6) is 11.5 Å². The number of amides is 2. The Morgan fingerprint density at radius 3 is 2.21 bits per heavy atom. The first-order valence-corrected chi connectivity index (χ1v) is 12.7. The van der Waals surface area contributed by atoms with Crippen molar-refractivity contribution in [3.05, 3.63) is 110 Å². The summed E-state index contributed by atoms with van der Waals surface area (Å²) < 4.78 is 13.6. The van der Waals surface area contributed by atoms with E-state index in [0.29, 0.717) is 16.9 Å². The van der Waals surface area contributed by atoms with Gasteiger partial charge in [0.05, 0.1) is 34.7 Å². The molecule has 0 saturated heterocycles. The lowest BCUT2D eigenvalue weighted by Gasteiger charge is -2.11. The largest absolute Gasteiger partial charge is 0.493 e. The van der Waals surface area contributed by atoms with Gasteiger partial charge in [-0.3, -0.25) is 29.2 Å². The van der Waals surface area contributed by atoms with Crippen LogP contribution in [0.15, 0.2) is 82.7 Å². The van der Waals surface area contributed by atoms with Gasteiger partial charge in [-0.2, -0.15) is 5.10 Å². The third kappa shape index (κ3) is 6.48. The van der Waals surface area contributed by atoms with Crippen molar-refractivity contribution in [2.24, 2.45) is 12.1 Å². The number of methoxy groups -OCH3 is 1. The number of anilines is 1. The van der Waals surface area contributed by atoms with Crippen LogP contribution in [-0.4, -0.2) is 44.9 Å². The number of nitrogens with zero attached hydrogens (tertiary/aromatic N) is 4. The van der Waals surface area contributed by atoms with E-state index in [2.05, 4.69) is 15.8 Å². The van der Waals surface area contributed by atoms with Crippen molar-refractivity contribution in [2.75, 3.05) is 12.4 Å². The summed E-state index contributed by atoms with van der Waals surface area (Å²) in [4.78, 5) is 60.8. The Bertz CT molecular complexity index is 1810. The highest BCUT2D eigenvalue weighted by molar-refractivity contribution is 6.39. The zero-order valence-electron chi connectivity index (χ0n) is 23.5. The fourth-order valence-electron chi connectivity index (χ4n) is 3.99. The lowest BCUT2D eigenvalue weighted by Crippen LogP contribution is -2.34. The average molecular weight is 587 g/mol. The molecule has 0 fully saturated rings. The fourth-order valence-corrected chi connectivity index (χ4v) is 3.99. The van der Waals surface area contributed by atoms with Crippen LogP contribution in [0, 0.1) is 17.0 Å². The van der Waals surface area contributed by atoms with E-state index in [1.54, 1.807) is 55.9 Å². The molecular weight excluding hydrogens is 560 g/mol. The fraction of sp³-hybridized carbons (Fsp3) is 0.138. The lowest BCUT2D eigenvalue weighted by molar-refractivity contribution is -0.384. The van der Waals surface area contributed by atoms with E-state index in [9.17, 15) is 29.3 Å². The van der Waals surface area contributed by atoms with Crippen molar-refractivity contribution in [3.8, 4) is 17.2 Å². The summed E-state index contributed by atoms with van der Waals surface area (Å²) in [5.74, 6) is -2.71. The molecule has 1 aromatic heterocycles. The van der Waals surface area contributed by atoms with Crippen LogP contribution in [0.3, 0.4) is 0 Å². The maximum atomic E-state index is 13.0. The smallest absolute Gasteiger partial charge is 0.343 e. The number of ether oxygens (including phenoxy) is 2. The Morgan fingerprint density at radius 1 is 0.930 bits per heavy atom. The molecule has 0 bridgehead atoms. The summed E-state index contributed by atoms with van der Waals surface area (Å²) in [5.41, 5.74) is 3.32. The second-order valence-electron chi connectivity index (χ2n) is 9.09. The number of aromatic nitrogens is 2. The number of non-ortho nitro benzene ring substituents is 1. The average Bonchev–Trinajstić information content (AvgIpc) is 3.22. The van der Waals surface area contributed by atoms with Gasteiger partial charge >= 0.3 is 17.8 Å². The molecule has 4 rings (SSSR count). The topological polar surface area (TPSA) is 176 Å². The van der Waals surface area contributed by atoms with Gasteiger partial charge in [0.25, 0.3) is 11.2 Å². The molecule has 43 heavy (non-hydrogen) atoms. The summed E-state index contributed by atoms with van der Waals surface area (Å²) in [5, 5.41) is 17.1. The van der Waals surface area contributed by atoms with E-state index < -0.39 is 28.3 Å². The first-order valence-electron chi connectivity index (χ1n) is 12.7. The van der Waals surface area contributed by atoms with E-state index in [4.69, 9.17) is 9.47 Å². The van der Waals surface area contributed by atoms with Gasteiger partial charge in [0.15, 0.2) is 11.5 Å². The number of hydrogen-bond acceptors (Lipinski definition) is 9. The van der Waals surface area contributed by atoms with E-state index in [1.807, 2.05) is 6.07 Å². The number of rotatable bonds is 8. The second-order valence-corrected chi connectivity index (χ2v) is 9.09. The summed E-state index contributed by atoms with van der Waals surface area (Å²) >= 11 is 0. The first kappa shape index (κ1) is 29.9. The van der Waals surface area contributed by atoms with Crippen LogP contribution < -0.4 is 25.8 Å². The summed E-state index contributed by atoms with van der Waals surface area (Å²) in [6.07, 6.45) is 0. The molecule has 14 nitrogen and oxygen atoms in total. The van der Waals surface area contributed by atoms with Crippen LogP contribution in [-0.2, 0) is 16.6 Å². The summed E-state index contributed by atoms with van der Waals surface area (Å²) in [6.45, 7) is 3.20. The Labute approximate surface area is 244 Å². The molecule has 0 aliphatic rings. The quantitative estimate of drug-likeness (QED) is 0.0790. The standard InChI is InChI=1S/C29H26N6O8/c1-17(20-12-15-23(24(16-20)42-4)43-29(39)19-10-13-22(14-11-19)35(40)41)31-32-27(37)26(36)30-25-18(2)33(3)34(28(25)38)21-8-6-5-7-9-21/h5-16H,1-4H3,(H,30,36)(H,32,37)/b31-17+. The Kier molecular flexibility index (Phi) is 8.79. The van der Waals surface area contributed by atoms with E-state index in [-0.39, 0.29) is 34.1 Å². The van der Waals surface area contributed by atoms with Gasteiger partial charge in [-0.05, 0) is 56.3 Å². The molecule has 0 saturated carbocycles. The van der Waals surface area contributed by atoms with Gasteiger partial charge in [0, 0.05) is 24.7 Å². The highest BCUT2D eigenvalue weighted by atomic mass is 16.6. The van der Waals surface area contributed by atoms with Crippen molar-refractivity contribution in [1.82, 2.24) is 14.8 Å². The molecule has 3 aromatic carbocycles. The SMILES string of the molecule is COc1cc(/C(C)=N/NC(=O)C(=O)Nc2c(C)n(C)n(-c3ccccc3)c2=O)ccc1OC(=O)c1ccc([N+](=O)[O-])cc1. The summed E-state index contributed by atoms with van der Waals surface area (Å²) in [7, 11) is 3.02. The highest BCUT2D eigenvalue weighted by Gasteiger charge is 2.22. The van der Waals surface area contributed by atoms with Gasteiger partial charge in [-0.15, -0.1) is 0 Å². The van der Waals surface area contributed by atoms with Crippen LogP contribution in [0.25, 0.3) is 5.69 Å². The number of benzene rings is 3. The van der Waals surface area contributed by atoms with Crippen molar-refractivity contribution in [3.63, 3.8) is 0 Å². The number of carbonyl (C=O) groups is 3. The number of esters is 1. The van der Waals surface area contributed by atoms with Crippen molar-refractivity contribution < 1.29 is 28.8 Å². The monoisotopic (exact) mass is 586 g/mol. The third-order valence-corrected chi connectivity index (χ3v) is 6.42. The van der Waals surface area contributed by atoms with Gasteiger partial charge < -0.3 is 14.8 Å². The summed E-state index contributed by atoms with van der Waals surface area (Å²) in [6, 6.07) is 18.2. The normalized spacial score (nSPS) is 11.0. The Morgan fingerprint density at radius 2 is 1.58 bits per heavy atom. The molecule has 0 unspecified atom stereocenters. The molecule has 0 aliphatic heterocycles. The molecule has 0 spiro atoms. The van der Waals surface area contributed by atoms with Crippen molar-refractivity contribution in [2.45, 2.75) is 13.8 Å². The van der Waals surface area contributed by atoms with Crippen molar-refractivity contribution in [1.29, 1.82) is 0 Å². The van der Waals surface area contributed by atoms with Gasteiger partial charge in [0.2, 0.25) is 0 Å². The number of hydrogen-bond donors (Lipinski definition) is 2. The van der Waals surface area contributed by atoms with Crippen LogP contribution >= 0.6 is 0 Å². The predicted octanol–water partition coefficient (Wildman–Crippen LogP) is 3.10. The molecule has 220 valence electrons. The molecule has 14 heteroatoms. The molecule has 1 heterocycles. The molecule has 0 atom stereocenters. The zero-order valence-corrected chi connectivity index (χ0v) is 23.5. The number of nitro benzene ring substituents is 1. The Balaban J connectivity index is 1.43. The minimum Gasteiger partial charge on any atom is -0.493 e. The van der Waals surface area contributed by atoms with E-state index >= 15 is 0 Å². The molecular formula is C29H26N6O8. The molecule has 0 aliphatic carbocycles. The minimum absolute atomic E-state index is 0.0456. The third-order valence-electron chi connectivity index (χ3n) is 6.42. The number of hydrazone groups is 1. The van der Waals surface area contributed by atoms with Gasteiger partial charge in [-0.1, -0.05) is 18.2 Å². The van der Waals surface area contributed by atoms with Crippen LogP contribution in [0.1, 0.15) is 28.5 Å². The van der Waals surface area contributed by atoms with Gasteiger partial charge in [-0.25, -0.2) is 14.9 Å².